The van der Waals surface area contributed by atoms with Crippen molar-refractivity contribution < 1.29 is 35.5 Å². The van der Waals surface area contributed by atoms with Crippen molar-refractivity contribution in [2.24, 2.45) is 33.5 Å². The molecule has 0 spiro atoms. The first kappa shape index (κ1) is 22.4. The Labute approximate surface area is 177 Å². The van der Waals surface area contributed by atoms with Gasteiger partial charge in [-0.25, -0.2) is 0 Å². The molecule has 30 heavy (non-hydrogen) atoms. The molecule has 4 aliphatic rings. The van der Waals surface area contributed by atoms with Crippen LogP contribution in [-0.4, -0.2) is 48.0 Å². The lowest BCUT2D eigenvalue weighted by molar-refractivity contribution is -0.134. The quantitative estimate of drug-likeness (QED) is 0.592. The number of ketones is 2. The molecule has 6 atom stereocenters. The lowest BCUT2D eigenvalue weighted by atomic mass is 9.59. The Morgan fingerprint density at radius 3 is 1.20 bits per heavy atom. The van der Waals surface area contributed by atoms with Gasteiger partial charge in [0.15, 0.2) is 0 Å². The van der Waals surface area contributed by atoms with E-state index in [0.717, 1.165) is 0 Å². The lowest BCUT2D eigenvalue weighted by Crippen LogP contribution is -2.64. The maximum Gasteiger partial charge on any atom is 0.270 e. The minimum absolute atomic E-state index is 0.101. The van der Waals surface area contributed by atoms with Crippen molar-refractivity contribution in [3.8, 4) is 0 Å². The SMILES string of the molecule is CC1(C)C2CCC1(C(C([C@]13CCC(CC1=O)C3(C)C)S(=O)(=O)O)S(=O)(=O)O)C(=O)C2. The van der Waals surface area contributed by atoms with E-state index in [2.05, 4.69) is 0 Å². The standard InChI is InChI=1S/C20H30O8S2/c1-17(2)11-5-7-19(17,13(21)9-11)15(29(23,24)25)16(30(26,27)28)20-8-6-12(10-14(20)22)18(20,3)4/h11-12,15-16H,5-10H2,1-4H3,(H,23,24,25)(H,26,27,28)/t11?,12?,15?,16?,19-,20?/m0/s1. The van der Waals surface area contributed by atoms with Crippen molar-refractivity contribution in [3.63, 3.8) is 0 Å². The van der Waals surface area contributed by atoms with Crippen LogP contribution in [0.3, 0.4) is 0 Å². The van der Waals surface area contributed by atoms with E-state index in [1.165, 1.54) is 0 Å². The molecule has 0 aromatic rings. The molecule has 8 nitrogen and oxygen atoms in total. The van der Waals surface area contributed by atoms with Gasteiger partial charge >= 0.3 is 0 Å². The second-order valence-corrected chi connectivity index (χ2v) is 14.1. The van der Waals surface area contributed by atoms with Crippen molar-refractivity contribution >= 4 is 31.8 Å². The number of rotatable bonds is 5. The van der Waals surface area contributed by atoms with Gasteiger partial charge in [0.1, 0.15) is 22.1 Å². The molecule has 0 heterocycles. The highest BCUT2D eigenvalue weighted by atomic mass is 32.2. The van der Waals surface area contributed by atoms with Gasteiger partial charge < -0.3 is 0 Å². The van der Waals surface area contributed by atoms with Crippen LogP contribution in [0.15, 0.2) is 0 Å². The van der Waals surface area contributed by atoms with Crippen LogP contribution in [0.5, 0.6) is 0 Å². The molecule has 5 unspecified atom stereocenters. The van der Waals surface area contributed by atoms with E-state index in [1.54, 1.807) is 27.7 Å². The van der Waals surface area contributed by atoms with Gasteiger partial charge in [-0.05, 0) is 48.3 Å². The molecule has 170 valence electrons. The average molecular weight is 463 g/mol. The number of fused-ring (bicyclic) bond motifs is 4. The van der Waals surface area contributed by atoms with Crippen LogP contribution in [0.2, 0.25) is 0 Å². The maximum atomic E-state index is 13.2. The van der Waals surface area contributed by atoms with Crippen LogP contribution in [0.1, 0.15) is 66.2 Å². The zero-order valence-corrected chi connectivity index (χ0v) is 19.3. The van der Waals surface area contributed by atoms with E-state index in [1.807, 2.05) is 0 Å². The van der Waals surface area contributed by atoms with Crippen LogP contribution in [-0.2, 0) is 29.8 Å². The predicted octanol–water partition coefficient (Wildman–Crippen LogP) is 2.29. The summed E-state index contributed by atoms with van der Waals surface area (Å²) in [7, 11) is -10.3. The van der Waals surface area contributed by atoms with Crippen LogP contribution >= 0.6 is 0 Å². The third-order valence-electron chi connectivity index (χ3n) is 9.86. The van der Waals surface area contributed by atoms with E-state index in [-0.39, 0.29) is 37.5 Å². The van der Waals surface area contributed by atoms with Gasteiger partial charge in [0, 0.05) is 12.8 Å². The van der Waals surface area contributed by atoms with Crippen LogP contribution in [0.25, 0.3) is 0 Å². The molecule has 4 rings (SSSR count). The van der Waals surface area contributed by atoms with Crippen molar-refractivity contribution in [2.75, 3.05) is 0 Å². The molecule has 0 aromatic heterocycles. The first-order valence-corrected chi connectivity index (χ1v) is 13.5. The van der Waals surface area contributed by atoms with Gasteiger partial charge in [-0.15, -0.1) is 0 Å². The number of carbonyl (C=O) groups excluding carboxylic acids is 2. The Morgan fingerprint density at radius 1 is 0.733 bits per heavy atom. The second kappa shape index (κ2) is 5.94. The smallest absolute Gasteiger partial charge is 0.270 e. The molecule has 0 amide bonds. The van der Waals surface area contributed by atoms with Crippen molar-refractivity contribution in [1.82, 2.24) is 0 Å². The lowest BCUT2D eigenvalue weighted by Gasteiger charge is -2.50. The molecule has 4 aliphatic carbocycles. The molecule has 0 aliphatic heterocycles. The monoisotopic (exact) mass is 462 g/mol. The Hall–Kier alpha value is -0.840. The Morgan fingerprint density at radius 2 is 1.03 bits per heavy atom. The van der Waals surface area contributed by atoms with Crippen molar-refractivity contribution in [1.29, 1.82) is 0 Å². The molecule has 0 aromatic carbocycles. The Bertz CT molecular complexity index is 957. The molecule has 4 fully saturated rings. The largest absolute Gasteiger partial charge is 0.299 e. The summed E-state index contributed by atoms with van der Waals surface area (Å²) in [5, 5.41) is -4.18. The summed E-state index contributed by atoms with van der Waals surface area (Å²) in [4.78, 5) is 26.4. The van der Waals surface area contributed by atoms with E-state index < -0.39 is 64.0 Å². The average Bonchev–Trinajstić information content (AvgIpc) is 3.10. The topological polar surface area (TPSA) is 143 Å². The molecule has 10 heteroatoms. The number of carbonyl (C=O) groups is 2. The first-order valence-electron chi connectivity index (χ1n) is 10.4. The predicted molar refractivity (Wildman–Crippen MR) is 108 cm³/mol. The fourth-order valence-corrected chi connectivity index (χ4v) is 12.1. The molecule has 4 saturated carbocycles. The summed E-state index contributed by atoms with van der Waals surface area (Å²) in [6.07, 6.45) is 1.46. The van der Waals surface area contributed by atoms with Gasteiger partial charge in [-0.2, -0.15) is 16.8 Å². The third-order valence-corrected chi connectivity index (χ3v) is 12.7. The zero-order chi connectivity index (χ0) is 22.7. The highest BCUT2D eigenvalue weighted by Crippen LogP contribution is 2.72. The number of Topliss-reactive ketones (excluding diaryl/α,β-unsaturated/α-hetero) is 2. The van der Waals surface area contributed by atoms with E-state index >= 15 is 0 Å². The van der Waals surface area contributed by atoms with Crippen molar-refractivity contribution in [3.05, 3.63) is 0 Å². The van der Waals surface area contributed by atoms with Crippen LogP contribution in [0, 0.1) is 33.5 Å². The summed E-state index contributed by atoms with van der Waals surface area (Å²) in [6.45, 7) is 6.91. The zero-order valence-electron chi connectivity index (χ0n) is 17.7. The highest BCUT2D eigenvalue weighted by molar-refractivity contribution is 7.90. The molecule has 4 bridgehead atoms. The van der Waals surface area contributed by atoms with Gasteiger partial charge in [0.25, 0.3) is 20.2 Å². The summed E-state index contributed by atoms with van der Waals surface area (Å²) in [5.41, 5.74) is -5.13. The summed E-state index contributed by atoms with van der Waals surface area (Å²) in [6, 6.07) is 0. The fraction of sp³-hybridized carbons (Fsp3) is 0.900. The van der Waals surface area contributed by atoms with E-state index in [0.29, 0.717) is 12.8 Å². The summed E-state index contributed by atoms with van der Waals surface area (Å²) in [5.74, 6) is -1.10. The summed E-state index contributed by atoms with van der Waals surface area (Å²) >= 11 is 0. The van der Waals surface area contributed by atoms with E-state index in [4.69, 9.17) is 0 Å². The number of hydrogen-bond donors (Lipinski definition) is 2. The van der Waals surface area contributed by atoms with Gasteiger partial charge in [0.2, 0.25) is 0 Å². The first-order chi connectivity index (χ1) is 13.5. The fourth-order valence-electron chi connectivity index (χ4n) is 8.09. The number of hydrogen-bond acceptors (Lipinski definition) is 6. The maximum absolute atomic E-state index is 13.2. The highest BCUT2D eigenvalue weighted by Gasteiger charge is 2.78. The summed E-state index contributed by atoms with van der Waals surface area (Å²) < 4.78 is 72.4. The van der Waals surface area contributed by atoms with Crippen molar-refractivity contribution in [2.45, 2.75) is 76.7 Å². The normalized spacial score (nSPS) is 41.4. The molecule has 2 N–H and O–H groups in total. The molecule has 0 radical (unpaired) electrons. The molecular weight excluding hydrogens is 432 g/mol. The van der Waals surface area contributed by atoms with Gasteiger partial charge in [-0.3, -0.25) is 18.7 Å². The van der Waals surface area contributed by atoms with Gasteiger partial charge in [0.05, 0.1) is 10.8 Å². The van der Waals surface area contributed by atoms with Crippen LogP contribution < -0.4 is 0 Å². The third kappa shape index (κ3) is 2.34. The molecular formula is C20H30O8S2. The Balaban J connectivity index is 2.06. The van der Waals surface area contributed by atoms with Gasteiger partial charge in [-0.1, -0.05) is 27.7 Å². The minimum atomic E-state index is -5.13. The van der Waals surface area contributed by atoms with E-state index in [9.17, 15) is 35.5 Å². The second-order valence-electron chi connectivity index (χ2n) is 11.0. The molecule has 0 saturated heterocycles. The van der Waals surface area contributed by atoms with Crippen LogP contribution in [0.4, 0.5) is 0 Å². The Kier molecular flexibility index (Phi) is 4.42. The minimum Gasteiger partial charge on any atom is -0.299 e.